The van der Waals surface area contributed by atoms with Crippen molar-refractivity contribution in [1.82, 2.24) is 14.8 Å². The van der Waals surface area contributed by atoms with E-state index in [0.717, 1.165) is 39.1 Å². The summed E-state index contributed by atoms with van der Waals surface area (Å²) in [5.74, 6) is -0.0855. The fourth-order valence-corrected chi connectivity index (χ4v) is 4.09. The van der Waals surface area contributed by atoms with Crippen molar-refractivity contribution >= 4 is 0 Å². The van der Waals surface area contributed by atoms with Gasteiger partial charge < -0.3 is 4.74 Å². The highest BCUT2D eigenvalue weighted by atomic mass is 19.1. The van der Waals surface area contributed by atoms with Crippen molar-refractivity contribution in [2.75, 3.05) is 26.2 Å². The van der Waals surface area contributed by atoms with E-state index in [9.17, 15) is 4.39 Å². The van der Waals surface area contributed by atoms with E-state index in [1.165, 1.54) is 24.5 Å². The van der Waals surface area contributed by atoms with Gasteiger partial charge in [-0.1, -0.05) is 36.4 Å². The van der Waals surface area contributed by atoms with Gasteiger partial charge in [-0.25, -0.2) is 0 Å². The molecule has 1 atom stereocenters. The molecule has 138 valence electrons. The van der Waals surface area contributed by atoms with Gasteiger partial charge in [-0.15, -0.1) is 0 Å². The lowest BCUT2D eigenvalue weighted by Crippen LogP contribution is -2.44. The highest BCUT2D eigenvalue weighted by molar-refractivity contribution is 5.14. The maximum absolute atomic E-state index is 13.2. The second kappa shape index (κ2) is 8.14. The van der Waals surface area contributed by atoms with Crippen LogP contribution in [0.2, 0.25) is 0 Å². The van der Waals surface area contributed by atoms with Crippen LogP contribution >= 0.6 is 0 Å². The lowest BCUT2D eigenvalue weighted by atomic mass is 10.0. The Morgan fingerprint density at radius 3 is 2.54 bits per heavy atom. The normalized spacial score (nSPS) is 22.6. The molecule has 0 saturated carbocycles. The lowest BCUT2D eigenvalue weighted by Gasteiger charge is -2.36. The summed E-state index contributed by atoms with van der Waals surface area (Å²) in [6, 6.07) is 16.1. The highest BCUT2D eigenvalue weighted by Gasteiger charge is 2.31. The molecule has 26 heavy (non-hydrogen) atoms. The maximum atomic E-state index is 13.2. The Hall–Kier alpha value is -1.98. The monoisotopic (exact) mass is 355 g/mol. The molecule has 5 heteroatoms. The molecule has 3 heterocycles. The van der Waals surface area contributed by atoms with E-state index in [-0.39, 0.29) is 6.10 Å². The van der Waals surface area contributed by atoms with Gasteiger partial charge in [0.1, 0.15) is 6.10 Å². The van der Waals surface area contributed by atoms with Gasteiger partial charge in [-0.2, -0.15) is 9.37 Å². The molecule has 2 aliphatic heterocycles. The zero-order chi connectivity index (χ0) is 17.8. The van der Waals surface area contributed by atoms with E-state index in [4.69, 9.17) is 4.74 Å². The number of likely N-dealkylation sites (tertiary alicyclic amines) is 2. The number of pyridine rings is 1. The summed E-state index contributed by atoms with van der Waals surface area (Å²) in [6.45, 7) is 5.31. The summed E-state index contributed by atoms with van der Waals surface area (Å²) in [5, 5.41) is 0. The first-order valence-electron chi connectivity index (χ1n) is 9.56. The van der Waals surface area contributed by atoms with Crippen LogP contribution in [0, 0.1) is 5.95 Å². The SMILES string of the molecule is Fc1cccc(OC2CCN(C3CCN(Cc4ccccc4)CC3)C2)n1. The number of benzene rings is 1. The summed E-state index contributed by atoms with van der Waals surface area (Å²) in [7, 11) is 0. The minimum atomic E-state index is -0.483. The minimum absolute atomic E-state index is 0.117. The number of hydrogen-bond donors (Lipinski definition) is 0. The van der Waals surface area contributed by atoms with Crippen LogP contribution in [-0.4, -0.2) is 53.1 Å². The third-order valence-electron chi connectivity index (χ3n) is 5.48. The predicted octanol–water partition coefficient (Wildman–Crippen LogP) is 3.34. The largest absolute Gasteiger partial charge is 0.473 e. The van der Waals surface area contributed by atoms with Crippen LogP contribution in [0.3, 0.4) is 0 Å². The molecule has 2 aromatic rings. The first kappa shape index (κ1) is 17.4. The van der Waals surface area contributed by atoms with Gasteiger partial charge in [0, 0.05) is 31.7 Å². The molecule has 0 N–H and O–H groups in total. The molecular formula is C21H26FN3O. The van der Waals surface area contributed by atoms with Gasteiger partial charge in [0.05, 0.1) is 0 Å². The first-order valence-corrected chi connectivity index (χ1v) is 9.56. The standard InChI is InChI=1S/C21H26FN3O/c22-20-7-4-8-21(23-20)26-19-11-14-25(16-19)18-9-12-24(13-10-18)15-17-5-2-1-3-6-17/h1-8,18-19H,9-16H2. The molecule has 1 aromatic carbocycles. The highest BCUT2D eigenvalue weighted by Crippen LogP contribution is 2.24. The van der Waals surface area contributed by atoms with Crippen molar-refractivity contribution in [3.8, 4) is 5.88 Å². The summed E-state index contributed by atoms with van der Waals surface area (Å²) in [6.07, 6.45) is 3.52. The Kier molecular flexibility index (Phi) is 5.46. The Morgan fingerprint density at radius 2 is 1.77 bits per heavy atom. The molecular weight excluding hydrogens is 329 g/mol. The predicted molar refractivity (Wildman–Crippen MR) is 99.5 cm³/mol. The molecule has 0 aliphatic carbocycles. The smallest absolute Gasteiger partial charge is 0.216 e. The van der Waals surface area contributed by atoms with Crippen LogP contribution in [0.4, 0.5) is 4.39 Å². The molecule has 2 fully saturated rings. The van der Waals surface area contributed by atoms with Gasteiger partial charge in [0.25, 0.3) is 0 Å². The molecule has 4 rings (SSSR count). The Balaban J connectivity index is 1.24. The van der Waals surface area contributed by atoms with Crippen LogP contribution in [0.1, 0.15) is 24.8 Å². The Morgan fingerprint density at radius 1 is 0.962 bits per heavy atom. The van der Waals surface area contributed by atoms with Crippen molar-refractivity contribution in [3.63, 3.8) is 0 Å². The molecule has 0 spiro atoms. The van der Waals surface area contributed by atoms with Crippen molar-refractivity contribution < 1.29 is 9.13 Å². The average molecular weight is 355 g/mol. The van der Waals surface area contributed by atoms with Gasteiger partial charge in [-0.05, 0) is 44.0 Å². The van der Waals surface area contributed by atoms with Gasteiger partial charge in [0.15, 0.2) is 0 Å². The molecule has 0 radical (unpaired) electrons. The second-order valence-corrected chi connectivity index (χ2v) is 7.31. The van der Waals surface area contributed by atoms with Crippen LogP contribution in [-0.2, 0) is 6.54 Å². The van der Waals surface area contributed by atoms with Crippen LogP contribution in [0.5, 0.6) is 5.88 Å². The summed E-state index contributed by atoms with van der Waals surface area (Å²) in [5.41, 5.74) is 1.39. The van der Waals surface area contributed by atoms with E-state index in [1.54, 1.807) is 12.1 Å². The minimum Gasteiger partial charge on any atom is -0.473 e. The Bertz CT molecular complexity index is 703. The molecule has 2 saturated heterocycles. The lowest BCUT2D eigenvalue weighted by molar-refractivity contribution is 0.109. The number of halogens is 1. The van der Waals surface area contributed by atoms with E-state index in [1.807, 2.05) is 0 Å². The number of hydrogen-bond acceptors (Lipinski definition) is 4. The number of rotatable bonds is 5. The molecule has 0 bridgehead atoms. The molecule has 1 aromatic heterocycles. The Labute approximate surface area is 154 Å². The molecule has 4 nitrogen and oxygen atoms in total. The van der Waals surface area contributed by atoms with Gasteiger partial charge in [0.2, 0.25) is 11.8 Å². The van der Waals surface area contributed by atoms with Crippen molar-refractivity contribution in [1.29, 1.82) is 0 Å². The number of ether oxygens (including phenoxy) is 1. The molecule has 2 aliphatic rings. The van der Waals surface area contributed by atoms with E-state index >= 15 is 0 Å². The molecule has 0 amide bonds. The topological polar surface area (TPSA) is 28.6 Å². The molecule has 1 unspecified atom stereocenters. The number of nitrogens with zero attached hydrogens (tertiary/aromatic N) is 3. The van der Waals surface area contributed by atoms with Crippen LogP contribution < -0.4 is 4.74 Å². The van der Waals surface area contributed by atoms with E-state index in [0.29, 0.717) is 11.9 Å². The fourth-order valence-electron chi connectivity index (χ4n) is 4.09. The fraction of sp³-hybridized carbons (Fsp3) is 0.476. The summed E-state index contributed by atoms with van der Waals surface area (Å²) < 4.78 is 19.1. The van der Waals surface area contributed by atoms with Crippen LogP contribution in [0.15, 0.2) is 48.5 Å². The summed E-state index contributed by atoms with van der Waals surface area (Å²) in [4.78, 5) is 8.90. The zero-order valence-electron chi connectivity index (χ0n) is 15.1. The first-order chi connectivity index (χ1) is 12.8. The van der Waals surface area contributed by atoms with E-state index in [2.05, 4.69) is 45.1 Å². The third kappa shape index (κ3) is 4.40. The third-order valence-corrected chi connectivity index (χ3v) is 5.48. The summed E-state index contributed by atoms with van der Waals surface area (Å²) >= 11 is 0. The average Bonchev–Trinajstić information content (AvgIpc) is 3.12. The van der Waals surface area contributed by atoms with Gasteiger partial charge in [-0.3, -0.25) is 9.80 Å². The maximum Gasteiger partial charge on any atom is 0.216 e. The van der Waals surface area contributed by atoms with Crippen molar-refractivity contribution in [2.24, 2.45) is 0 Å². The van der Waals surface area contributed by atoms with Crippen molar-refractivity contribution in [2.45, 2.75) is 38.0 Å². The number of aromatic nitrogens is 1. The van der Waals surface area contributed by atoms with E-state index < -0.39 is 5.95 Å². The quantitative estimate of drug-likeness (QED) is 0.769. The zero-order valence-corrected chi connectivity index (χ0v) is 15.1. The van der Waals surface area contributed by atoms with Crippen LogP contribution in [0.25, 0.3) is 0 Å². The van der Waals surface area contributed by atoms with Gasteiger partial charge >= 0.3 is 0 Å². The number of piperidine rings is 1. The van der Waals surface area contributed by atoms with Crippen molar-refractivity contribution in [3.05, 3.63) is 60.0 Å². The second-order valence-electron chi connectivity index (χ2n) is 7.31.